The summed E-state index contributed by atoms with van der Waals surface area (Å²) in [6.07, 6.45) is 0.00191. The summed E-state index contributed by atoms with van der Waals surface area (Å²) in [6, 6.07) is -0.607. The third-order valence-corrected chi connectivity index (χ3v) is 7.37. The summed E-state index contributed by atoms with van der Waals surface area (Å²) < 4.78 is 54.4. The Bertz CT molecular complexity index is 1270. The average Bonchev–Trinajstić information content (AvgIpc) is 3.53. The Morgan fingerprint density at radius 1 is 1.24 bits per heavy atom. The van der Waals surface area contributed by atoms with Gasteiger partial charge < -0.3 is 25.0 Å². The minimum Gasteiger partial charge on any atom is -0.463 e. The first-order valence-electron chi connectivity index (χ1n) is 12.2. The van der Waals surface area contributed by atoms with E-state index in [1.807, 2.05) is 0 Å². The maximum atomic E-state index is 14.1. The summed E-state index contributed by atoms with van der Waals surface area (Å²) in [5, 5.41) is 0. The second kappa shape index (κ2) is 8.65. The summed E-state index contributed by atoms with van der Waals surface area (Å²) in [7, 11) is 0. The van der Waals surface area contributed by atoms with Gasteiger partial charge in [0.1, 0.15) is 17.5 Å². The van der Waals surface area contributed by atoms with Gasteiger partial charge in [-0.2, -0.15) is 18.2 Å². The first-order chi connectivity index (χ1) is 17.6. The molecule has 0 aromatic carbocycles. The molecule has 5 heterocycles. The van der Waals surface area contributed by atoms with Crippen molar-refractivity contribution >= 4 is 17.5 Å². The molecule has 2 saturated heterocycles. The number of alkyl halides is 3. The lowest BCUT2D eigenvalue weighted by atomic mass is 10.1. The number of morpholine rings is 1. The fourth-order valence-electron chi connectivity index (χ4n) is 5.16. The summed E-state index contributed by atoms with van der Waals surface area (Å²) in [6.45, 7) is 0.255. The predicted octanol–water partition coefficient (Wildman–Crippen LogP) is 1.11. The van der Waals surface area contributed by atoms with Crippen molar-refractivity contribution in [3.8, 4) is 6.01 Å². The van der Waals surface area contributed by atoms with Crippen LogP contribution in [0.3, 0.4) is 0 Å². The van der Waals surface area contributed by atoms with Crippen molar-refractivity contribution in [3.05, 3.63) is 34.4 Å². The molecule has 37 heavy (non-hydrogen) atoms. The van der Waals surface area contributed by atoms with Gasteiger partial charge in [-0.05, 0) is 25.2 Å². The molecule has 2 N–H and O–H groups in total. The van der Waals surface area contributed by atoms with Gasteiger partial charge >= 0.3 is 12.2 Å². The van der Waals surface area contributed by atoms with Crippen LogP contribution in [0, 0.1) is 5.92 Å². The largest absolute Gasteiger partial charge is 0.463 e. The summed E-state index contributed by atoms with van der Waals surface area (Å²) in [4.78, 5) is 41.1. The lowest BCUT2D eigenvalue weighted by molar-refractivity contribution is -0.152. The van der Waals surface area contributed by atoms with Gasteiger partial charge in [0.25, 0.3) is 5.56 Å². The number of nitrogens with zero attached hydrogens (tertiary/aromatic N) is 6. The minimum atomic E-state index is -4.65. The highest BCUT2D eigenvalue weighted by Crippen LogP contribution is 2.39. The van der Waals surface area contributed by atoms with Crippen molar-refractivity contribution < 1.29 is 27.4 Å². The minimum absolute atomic E-state index is 0.0326. The molecule has 1 saturated carbocycles. The number of Topliss-reactive ketones (excluding diaryl/α,β-unsaturated/α-hetero) is 1. The Morgan fingerprint density at radius 2 is 2.00 bits per heavy atom. The van der Waals surface area contributed by atoms with E-state index in [9.17, 15) is 22.8 Å². The number of ether oxygens (including phenoxy) is 2. The van der Waals surface area contributed by atoms with Crippen molar-refractivity contribution in [2.45, 2.75) is 56.2 Å². The third kappa shape index (κ3) is 4.52. The van der Waals surface area contributed by atoms with Crippen LogP contribution in [0.2, 0.25) is 0 Å². The molecule has 4 aliphatic rings. The zero-order valence-electron chi connectivity index (χ0n) is 19.9. The molecule has 3 fully saturated rings. The predicted molar refractivity (Wildman–Crippen MR) is 124 cm³/mol. The number of anilines is 2. The van der Waals surface area contributed by atoms with Crippen LogP contribution in [0.4, 0.5) is 24.9 Å². The average molecular weight is 522 g/mol. The number of aromatic nitrogens is 4. The van der Waals surface area contributed by atoms with E-state index in [1.54, 1.807) is 4.90 Å². The Kier molecular flexibility index (Phi) is 5.64. The van der Waals surface area contributed by atoms with E-state index in [2.05, 4.69) is 15.0 Å². The number of carbonyl (C=O) groups is 1. The molecule has 3 aliphatic heterocycles. The number of nitrogens with two attached hydrogens (primary N) is 1. The van der Waals surface area contributed by atoms with Crippen molar-refractivity contribution in [3.63, 3.8) is 0 Å². The van der Waals surface area contributed by atoms with Crippen molar-refractivity contribution in [2.24, 2.45) is 11.7 Å². The lowest BCUT2D eigenvalue weighted by Crippen LogP contribution is -2.57. The van der Waals surface area contributed by atoms with E-state index >= 15 is 0 Å². The number of carbonyl (C=O) groups excluding carboxylic acids is 1. The SMILES string of the molecule is NC12COC(CN1c1cc(=O)n3c(n1)N(CC(=O)c1cnc(OCC4CC4)nc1)C(C(F)(F)F)CC3)C2. The van der Waals surface area contributed by atoms with E-state index in [1.165, 1.54) is 23.0 Å². The Balaban J connectivity index is 1.30. The van der Waals surface area contributed by atoms with E-state index in [4.69, 9.17) is 15.2 Å². The molecular formula is C23H26F3N7O4. The molecule has 14 heteroatoms. The van der Waals surface area contributed by atoms with Crippen LogP contribution in [0.15, 0.2) is 23.3 Å². The molecular weight excluding hydrogens is 495 g/mol. The molecule has 3 atom stereocenters. The van der Waals surface area contributed by atoms with Crippen LogP contribution in [0.1, 0.15) is 36.0 Å². The second-order valence-electron chi connectivity index (χ2n) is 10.2. The topological polar surface area (TPSA) is 129 Å². The maximum absolute atomic E-state index is 14.1. The number of ketones is 1. The first-order valence-corrected chi connectivity index (χ1v) is 12.2. The number of fused-ring (bicyclic) bond motifs is 3. The molecule has 2 aromatic heterocycles. The van der Waals surface area contributed by atoms with Crippen LogP contribution >= 0.6 is 0 Å². The zero-order chi connectivity index (χ0) is 25.9. The number of hydrogen-bond donors (Lipinski definition) is 1. The molecule has 198 valence electrons. The van der Waals surface area contributed by atoms with Crippen molar-refractivity contribution in [2.75, 3.05) is 36.1 Å². The van der Waals surface area contributed by atoms with Crippen LogP contribution in [0.5, 0.6) is 6.01 Å². The summed E-state index contributed by atoms with van der Waals surface area (Å²) in [5.41, 5.74) is 5.06. The van der Waals surface area contributed by atoms with Gasteiger partial charge in [0, 0.05) is 38.0 Å². The standard InChI is InChI=1S/C23H26F3N7O4/c24-23(25,26)17-3-4-31-19(35)5-18(33-9-15-6-22(33,27)12-37-15)30-21(31)32(17)10-16(34)14-7-28-20(29-8-14)36-11-13-1-2-13/h5,7-8,13,15,17H,1-4,6,9-12,27H2. The molecule has 11 nitrogen and oxygen atoms in total. The molecule has 1 aliphatic carbocycles. The smallest absolute Gasteiger partial charge is 0.408 e. The van der Waals surface area contributed by atoms with Gasteiger partial charge in [-0.15, -0.1) is 0 Å². The fourth-order valence-corrected chi connectivity index (χ4v) is 5.16. The second-order valence-corrected chi connectivity index (χ2v) is 10.2. The van der Waals surface area contributed by atoms with Gasteiger partial charge in [0.15, 0.2) is 5.78 Å². The molecule has 0 amide bonds. The van der Waals surface area contributed by atoms with Crippen LogP contribution in [0.25, 0.3) is 0 Å². The molecule has 6 rings (SSSR count). The van der Waals surface area contributed by atoms with Crippen LogP contribution in [-0.4, -0.2) is 75.6 Å². The Hall–Kier alpha value is -3.26. The van der Waals surface area contributed by atoms with Crippen LogP contribution < -0.4 is 25.8 Å². The Labute approximate surface area is 209 Å². The quantitative estimate of drug-likeness (QED) is 0.529. The monoisotopic (exact) mass is 521 g/mol. The number of halogens is 3. The van der Waals surface area contributed by atoms with E-state index in [0.717, 1.165) is 17.7 Å². The normalized spacial score (nSPS) is 26.9. The molecule has 2 bridgehead atoms. The van der Waals surface area contributed by atoms with Crippen molar-refractivity contribution in [1.82, 2.24) is 19.5 Å². The summed E-state index contributed by atoms with van der Waals surface area (Å²) >= 11 is 0. The van der Waals surface area contributed by atoms with E-state index < -0.39 is 42.2 Å². The maximum Gasteiger partial charge on any atom is 0.408 e. The number of hydrogen-bond acceptors (Lipinski definition) is 10. The van der Waals surface area contributed by atoms with Crippen LogP contribution in [-0.2, 0) is 11.3 Å². The number of rotatable bonds is 7. The Morgan fingerprint density at radius 3 is 2.62 bits per heavy atom. The van der Waals surface area contributed by atoms with Gasteiger partial charge in [0.2, 0.25) is 5.95 Å². The van der Waals surface area contributed by atoms with Gasteiger partial charge in [0.05, 0.1) is 31.4 Å². The highest BCUT2D eigenvalue weighted by Gasteiger charge is 2.51. The van der Waals surface area contributed by atoms with Gasteiger partial charge in [-0.3, -0.25) is 14.2 Å². The van der Waals surface area contributed by atoms with Gasteiger partial charge in [-0.25, -0.2) is 9.97 Å². The van der Waals surface area contributed by atoms with E-state index in [-0.39, 0.29) is 42.6 Å². The highest BCUT2D eigenvalue weighted by atomic mass is 19.4. The molecule has 3 unspecified atom stereocenters. The fraction of sp³-hybridized carbons (Fsp3) is 0.609. The molecule has 0 radical (unpaired) electrons. The molecule has 0 spiro atoms. The first kappa shape index (κ1) is 24.1. The van der Waals surface area contributed by atoms with Gasteiger partial charge in [-0.1, -0.05) is 0 Å². The van der Waals surface area contributed by atoms with Crippen molar-refractivity contribution in [1.29, 1.82) is 0 Å². The highest BCUT2D eigenvalue weighted by molar-refractivity contribution is 5.98. The third-order valence-electron chi connectivity index (χ3n) is 7.37. The molecule has 2 aromatic rings. The summed E-state index contributed by atoms with van der Waals surface area (Å²) in [5.74, 6) is -0.200. The lowest BCUT2D eigenvalue weighted by Gasteiger charge is -2.40. The van der Waals surface area contributed by atoms with E-state index in [0.29, 0.717) is 25.5 Å². The zero-order valence-corrected chi connectivity index (χ0v) is 19.9.